The van der Waals surface area contributed by atoms with Crippen molar-refractivity contribution < 1.29 is 32.5 Å². The zero-order chi connectivity index (χ0) is 33.6. The van der Waals surface area contributed by atoms with Crippen LogP contribution in [0.25, 0.3) is 0 Å². The van der Waals surface area contributed by atoms with Crippen LogP contribution in [0, 0.1) is 5.92 Å². The lowest BCUT2D eigenvalue weighted by Gasteiger charge is -2.38. The van der Waals surface area contributed by atoms with Gasteiger partial charge in [-0.25, -0.2) is 8.42 Å². The van der Waals surface area contributed by atoms with Gasteiger partial charge in [0.1, 0.15) is 23.4 Å². The molecule has 0 bridgehead atoms. The van der Waals surface area contributed by atoms with Crippen molar-refractivity contribution in [3.8, 4) is 23.0 Å². The van der Waals surface area contributed by atoms with E-state index in [9.17, 15) is 18.3 Å². The molecule has 0 saturated carbocycles. The van der Waals surface area contributed by atoms with E-state index in [0.717, 1.165) is 17.1 Å². The molecule has 0 unspecified atom stereocenters. The molecule has 1 aliphatic heterocycles. The molecular weight excluding hydrogens is 618 g/mol. The third kappa shape index (κ3) is 8.23. The number of sulfonamides is 1. The Morgan fingerprint density at radius 2 is 1.62 bits per heavy atom. The topological polar surface area (TPSA) is 118 Å². The van der Waals surface area contributed by atoms with Gasteiger partial charge in [-0.1, -0.05) is 43.3 Å². The van der Waals surface area contributed by atoms with Crippen LogP contribution in [0.1, 0.15) is 29.8 Å². The molecule has 1 amide bonds. The van der Waals surface area contributed by atoms with Gasteiger partial charge in [-0.15, -0.1) is 0 Å². The van der Waals surface area contributed by atoms with E-state index in [4.69, 9.17) is 14.2 Å². The molecule has 11 heteroatoms. The van der Waals surface area contributed by atoms with Crippen molar-refractivity contribution in [3.63, 3.8) is 0 Å². The zero-order valence-corrected chi connectivity index (χ0v) is 27.8. The molecule has 1 heterocycles. The Morgan fingerprint density at radius 1 is 0.957 bits per heavy atom. The molecule has 0 aliphatic carbocycles. The number of nitrogens with one attached hydrogen (secondary N) is 1. The number of ether oxygens (including phenoxy) is 3. The number of hydrogen-bond acceptors (Lipinski definition) is 8. The average molecular weight is 660 g/mol. The van der Waals surface area contributed by atoms with E-state index in [1.807, 2.05) is 68.6 Å². The number of methoxy groups -OCH3 is 1. The molecule has 0 spiro atoms. The maximum Gasteiger partial charge on any atom is 0.262 e. The Balaban J connectivity index is 1.39. The molecule has 248 valence electrons. The third-order valence-corrected chi connectivity index (χ3v) is 9.53. The van der Waals surface area contributed by atoms with Gasteiger partial charge in [0.25, 0.3) is 15.9 Å². The van der Waals surface area contributed by atoms with Crippen LogP contribution in [0.4, 0.5) is 5.69 Å². The number of aliphatic hydroxyl groups is 1. The van der Waals surface area contributed by atoms with Gasteiger partial charge < -0.3 is 24.2 Å². The fraction of sp³-hybridized carbons (Fsp3) is 0.306. The van der Waals surface area contributed by atoms with E-state index in [0.29, 0.717) is 25.4 Å². The van der Waals surface area contributed by atoms with Gasteiger partial charge in [0.05, 0.1) is 35.9 Å². The molecular formula is C36H41N3O7S. The Bertz CT molecular complexity index is 1750. The summed E-state index contributed by atoms with van der Waals surface area (Å²) in [4.78, 5) is 17.6. The van der Waals surface area contributed by atoms with Crippen LogP contribution >= 0.6 is 0 Å². The summed E-state index contributed by atoms with van der Waals surface area (Å²) in [5.41, 5.74) is 1.44. The first-order chi connectivity index (χ1) is 22.6. The molecule has 4 aromatic carbocycles. The monoisotopic (exact) mass is 659 g/mol. The maximum atomic E-state index is 13.8. The van der Waals surface area contributed by atoms with Crippen LogP contribution in [-0.4, -0.2) is 75.2 Å². The van der Waals surface area contributed by atoms with Gasteiger partial charge in [0.2, 0.25) is 0 Å². The molecule has 3 atom stereocenters. The number of fused-ring (bicyclic) bond motifs is 1. The van der Waals surface area contributed by atoms with Gasteiger partial charge in [0, 0.05) is 25.6 Å². The number of likely N-dealkylation sites (N-methyl/N-ethyl adjacent to an activating group) is 1. The van der Waals surface area contributed by atoms with Crippen LogP contribution in [0.5, 0.6) is 23.0 Å². The predicted octanol–water partition coefficient (Wildman–Crippen LogP) is 5.64. The number of carbonyl (C=O) groups is 1. The van der Waals surface area contributed by atoms with Crippen LogP contribution < -0.4 is 18.9 Å². The van der Waals surface area contributed by atoms with Crippen molar-refractivity contribution in [2.75, 3.05) is 38.6 Å². The van der Waals surface area contributed by atoms with Crippen LogP contribution in [0.2, 0.25) is 0 Å². The van der Waals surface area contributed by atoms with Crippen LogP contribution in [-0.2, 0) is 16.6 Å². The Kier molecular flexibility index (Phi) is 10.7. The second kappa shape index (κ2) is 14.9. The highest BCUT2D eigenvalue weighted by Gasteiger charge is 2.35. The molecule has 5 rings (SSSR count). The fourth-order valence-electron chi connectivity index (χ4n) is 5.47. The highest BCUT2D eigenvalue weighted by Crippen LogP contribution is 2.36. The molecule has 0 fully saturated rings. The zero-order valence-electron chi connectivity index (χ0n) is 27.0. The number of amides is 1. The van der Waals surface area contributed by atoms with E-state index >= 15 is 0 Å². The summed E-state index contributed by atoms with van der Waals surface area (Å²) >= 11 is 0. The van der Waals surface area contributed by atoms with E-state index in [-0.39, 0.29) is 40.3 Å². The van der Waals surface area contributed by atoms with Gasteiger partial charge >= 0.3 is 0 Å². The van der Waals surface area contributed by atoms with Crippen molar-refractivity contribution in [1.82, 2.24) is 9.80 Å². The highest BCUT2D eigenvalue weighted by molar-refractivity contribution is 7.92. The molecule has 47 heavy (non-hydrogen) atoms. The average Bonchev–Trinajstić information content (AvgIpc) is 3.07. The Morgan fingerprint density at radius 3 is 2.28 bits per heavy atom. The van der Waals surface area contributed by atoms with Gasteiger partial charge in [-0.2, -0.15) is 0 Å². The minimum atomic E-state index is -4.03. The summed E-state index contributed by atoms with van der Waals surface area (Å²) < 4.78 is 47.2. The molecule has 0 aromatic heterocycles. The number of nitrogens with zero attached hydrogens (tertiary/aromatic N) is 2. The van der Waals surface area contributed by atoms with Crippen molar-refractivity contribution in [2.24, 2.45) is 5.92 Å². The fourth-order valence-corrected chi connectivity index (χ4v) is 6.53. The maximum absolute atomic E-state index is 13.8. The minimum absolute atomic E-state index is 0.0356. The molecule has 2 N–H and O–H groups in total. The van der Waals surface area contributed by atoms with Crippen molar-refractivity contribution in [3.05, 3.63) is 108 Å². The van der Waals surface area contributed by atoms with E-state index in [2.05, 4.69) is 9.62 Å². The summed E-state index contributed by atoms with van der Waals surface area (Å²) in [6, 6.07) is 27.9. The summed E-state index contributed by atoms with van der Waals surface area (Å²) in [6.45, 7) is 5.02. The van der Waals surface area contributed by atoms with E-state index < -0.39 is 22.2 Å². The van der Waals surface area contributed by atoms with Crippen LogP contribution in [0.15, 0.2) is 102 Å². The smallest absolute Gasteiger partial charge is 0.262 e. The normalized spacial score (nSPS) is 17.2. The lowest BCUT2D eigenvalue weighted by molar-refractivity contribution is 0.0344. The number of hydrogen-bond donors (Lipinski definition) is 2. The third-order valence-electron chi connectivity index (χ3n) is 8.15. The van der Waals surface area contributed by atoms with Crippen molar-refractivity contribution >= 4 is 21.6 Å². The molecule has 0 saturated heterocycles. The quantitative estimate of drug-likeness (QED) is 0.201. The Labute approximate surface area is 276 Å². The summed E-state index contributed by atoms with van der Waals surface area (Å²) in [7, 11) is -0.541. The minimum Gasteiger partial charge on any atom is -0.497 e. The number of para-hydroxylation sites is 2. The number of rotatable bonds is 12. The first-order valence-corrected chi connectivity index (χ1v) is 16.9. The largest absolute Gasteiger partial charge is 0.497 e. The van der Waals surface area contributed by atoms with E-state index in [1.54, 1.807) is 42.2 Å². The number of aliphatic hydroxyl groups excluding tert-OH is 1. The number of benzene rings is 4. The molecule has 10 nitrogen and oxygen atoms in total. The predicted molar refractivity (Wildman–Crippen MR) is 181 cm³/mol. The molecule has 0 radical (unpaired) electrons. The summed E-state index contributed by atoms with van der Waals surface area (Å²) in [6.07, 6.45) is -0.424. The van der Waals surface area contributed by atoms with Crippen LogP contribution in [0.3, 0.4) is 0 Å². The summed E-state index contributed by atoms with van der Waals surface area (Å²) in [5.74, 6) is 1.68. The van der Waals surface area contributed by atoms with Crippen molar-refractivity contribution in [1.29, 1.82) is 0 Å². The molecule has 4 aromatic rings. The lowest BCUT2D eigenvalue weighted by Crippen LogP contribution is -2.49. The van der Waals surface area contributed by atoms with Gasteiger partial charge in [-0.3, -0.25) is 14.4 Å². The second-order valence-electron chi connectivity index (χ2n) is 11.8. The van der Waals surface area contributed by atoms with Gasteiger partial charge in [-0.05, 0) is 80.2 Å². The highest BCUT2D eigenvalue weighted by atomic mass is 32.2. The second-order valence-corrected chi connectivity index (χ2v) is 13.5. The number of anilines is 1. The Hall–Kier alpha value is -4.58. The van der Waals surface area contributed by atoms with E-state index in [1.165, 1.54) is 19.2 Å². The SMILES string of the molecule is COc1ccc(S(=O)(=O)Nc2cccc3c2O[C@@H](CN(C)Cc2ccc(Oc4ccccc4)cc2)[C@@H](C)CN([C@@H](C)CO)C3=O)cc1. The molecule has 1 aliphatic rings. The summed E-state index contributed by atoms with van der Waals surface area (Å²) in [5, 5.41) is 10.0. The first kappa shape index (κ1) is 33.8. The number of carbonyl (C=O) groups excluding carboxylic acids is 1. The van der Waals surface area contributed by atoms with Crippen molar-refractivity contribution in [2.45, 2.75) is 37.4 Å². The standard InChI is InChI=1S/C36H41N3O7S/c1-25-21-39(26(2)24-40)36(41)32-11-8-12-33(37-47(42,43)31-19-17-28(44-4)18-20-31)35(32)46-34(25)23-38(3)22-27-13-15-30(16-14-27)45-29-9-6-5-7-10-29/h5-20,25-26,34,37,40H,21-24H2,1-4H3/t25-,26-,34-/m0/s1. The lowest BCUT2D eigenvalue weighted by atomic mass is 9.99. The van der Waals surface area contributed by atoms with Gasteiger partial charge in [0.15, 0.2) is 5.75 Å². The first-order valence-electron chi connectivity index (χ1n) is 15.5.